The quantitative estimate of drug-likeness (QED) is 0.0844. The van der Waals surface area contributed by atoms with E-state index in [2.05, 4.69) is 37.2 Å². The molecule has 296 valence electrons. The smallest absolute Gasteiger partial charge is 0.321 e. The van der Waals surface area contributed by atoms with Gasteiger partial charge in [0.1, 0.15) is 36.3 Å². The molecule has 20 heteroatoms. The van der Waals surface area contributed by atoms with Crippen molar-refractivity contribution >= 4 is 41.4 Å². The number of carboxylic acids is 1. The van der Waals surface area contributed by atoms with Gasteiger partial charge in [0, 0.05) is 19.5 Å². The summed E-state index contributed by atoms with van der Waals surface area (Å²) in [5.41, 5.74) is 6.28. The van der Waals surface area contributed by atoms with Gasteiger partial charge in [-0.05, 0) is 44.6 Å². The Morgan fingerprint density at radius 2 is 1.62 bits per heavy atom. The molecule has 0 saturated carbocycles. The zero-order valence-electron chi connectivity index (χ0n) is 29.5. The van der Waals surface area contributed by atoms with Gasteiger partial charge in [-0.1, -0.05) is 30.3 Å². The summed E-state index contributed by atoms with van der Waals surface area (Å²) >= 11 is 0. The second-order valence-corrected chi connectivity index (χ2v) is 12.6. The minimum Gasteiger partial charge on any atom is -0.480 e. The lowest BCUT2D eigenvalue weighted by molar-refractivity contribution is -0.139. The summed E-state index contributed by atoms with van der Waals surface area (Å²) in [7, 11) is 0. The number of hydrogen-bond donors (Lipinski definition) is 13. The van der Waals surface area contributed by atoms with E-state index in [0.29, 0.717) is 6.42 Å². The van der Waals surface area contributed by atoms with Gasteiger partial charge in [0.15, 0.2) is 0 Å². The maximum absolute atomic E-state index is 13.4. The van der Waals surface area contributed by atoms with Crippen molar-refractivity contribution in [3.05, 3.63) is 35.9 Å². The molecule has 8 atom stereocenters. The molecule has 6 amide bonds. The lowest BCUT2D eigenvalue weighted by Crippen LogP contribution is -2.62. The van der Waals surface area contributed by atoms with Crippen molar-refractivity contribution < 1.29 is 59.1 Å². The van der Waals surface area contributed by atoms with Crippen molar-refractivity contribution in [3.63, 3.8) is 0 Å². The van der Waals surface area contributed by atoms with E-state index >= 15 is 0 Å². The van der Waals surface area contributed by atoms with E-state index in [0.717, 1.165) is 12.5 Å². The normalized spacial score (nSPS) is 23.3. The van der Waals surface area contributed by atoms with Gasteiger partial charge in [0.25, 0.3) is 0 Å². The largest absolute Gasteiger partial charge is 0.480 e. The molecule has 1 saturated heterocycles. The molecule has 1 aromatic rings. The van der Waals surface area contributed by atoms with Gasteiger partial charge < -0.3 is 68.5 Å². The Hall–Kier alpha value is -4.73. The zero-order chi connectivity index (χ0) is 39.5. The van der Waals surface area contributed by atoms with Crippen LogP contribution < -0.4 is 43.0 Å². The Labute approximate surface area is 306 Å². The Bertz CT molecular complexity index is 1380. The second kappa shape index (κ2) is 23.0. The van der Waals surface area contributed by atoms with Crippen molar-refractivity contribution in [2.24, 2.45) is 5.73 Å². The number of amides is 6. The van der Waals surface area contributed by atoms with Crippen LogP contribution >= 0.6 is 0 Å². The summed E-state index contributed by atoms with van der Waals surface area (Å²) in [4.78, 5) is 89.9. The van der Waals surface area contributed by atoms with Crippen LogP contribution in [0.2, 0.25) is 0 Å². The molecule has 0 aliphatic carbocycles. The number of carbonyl (C=O) groups is 7. The third-order valence-corrected chi connectivity index (χ3v) is 8.34. The summed E-state index contributed by atoms with van der Waals surface area (Å²) in [6, 6.07) is -0.698. The van der Waals surface area contributed by atoms with Crippen molar-refractivity contribution in [1.82, 2.24) is 37.2 Å². The molecule has 1 heterocycles. The van der Waals surface area contributed by atoms with Crippen LogP contribution in [0.1, 0.15) is 44.6 Å². The Morgan fingerprint density at radius 1 is 0.925 bits per heavy atom. The average molecular weight is 753 g/mol. The highest BCUT2D eigenvalue weighted by molar-refractivity contribution is 5.96. The first-order valence-corrected chi connectivity index (χ1v) is 17.3. The lowest BCUT2D eigenvalue weighted by Gasteiger charge is -2.28. The molecule has 1 aliphatic rings. The molecule has 0 aromatic heterocycles. The molecule has 2 rings (SSSR count). The van der Waals surface area contributed by atoms with Crippen molar-refractivity contribution in [2.75, 3.05) is 32.9 Å². The maximum Gasteiger partial charge on any atom is 0.321 e. The minimum absolute atomic E-state index is 0.00243. The molecule has 1 aromatic carbocycles. The van der Waals surface area contributed by atoms with E-state index < -0.39 is 110 Å². The molecule has 8 unspecified atom stereocenters. The number of rotatable bonds is 14. The van der Waals surface area contributed by atoms with Crippen molar-refractivity contribution in [3.8, 4) is 0 Å². The summed E-state index contributed by atoms with van der Waals surface area (Å²) < 4.78 is 0. The van der Waals surface area contributed by atoms with Gasteiger partial charge in [-0.25, -0.2) is 0 Å². The number of aliphatic carboxylic acids is 1. The molecule has 0 radical (unpaired) electrons. The Balaban J connectivity index is 2.23. The first-order chi connectivity index (χ1) is 25.2. The van der Waals surface area contributed by atoms with E-state index in [1.54, 1.807) is 30.3 Å². The maximum atomic E-state index is 13.4. The molecule has 1 fully saturated rings. The van der Waals surface area contributed by atoms with Crippen molar-refractivity contribution in [2.45, 2.75) is 93.8 Å². The summed E-state index contributed by atoms with van der Waals surface area (Å²) in [6.07, 6.45) is -1.39. The predicted octanol–water partition coefficient (Wildman–Crippen LogP) is -5.54. The number of carbonyl (C=O) groups excluding carboxylic acids is 6. The fraction of sp³-hybridized carbons (Fsp3) is 0.606. The number of aliphatic hydroxyl groups excluding tert-OH is 4. The standard InChI is InChI=1S/C33H52N8O12/c1-18(45)27-32(51)40-25(17-44)31(50)39-22(29(48)37-20(15-42)14-36-24(33(52)53)13-19-7-3-2-4-8-19)9-5-6-12-35-26(46)11-10-23(30(49)41-27)38-28(47)21(34)16-43/h2-4,7-8,18,20-25,27,36,42-45H,5-6,9-17,34H2,1H3,(H,35,46)(H,37,48)(H,38,47)(H,39,50)(H,40,51)(H,41,49)(H,52,53). The Kier molecular flexibility index (Phi) is 19.3. The highest BCUT2D eigenvalue weighted by atomic mass is 16.4. The van der Waals surface area contributed by atoms with E-state index in [-0.39, 0.29) is 45.2 Å². The van der Waals surface area contributed by atoms with Crippen LogP contribution in [-0.2, 0) is 40.0 Å². The van der Waals surface area contributed by atoms with Crippen LogP contribution in [0.4, 0.5) is 0 Å². The van der Waals surface area contributed by atoms with Crippen LogP contribution in [0.3, 0.4) is 0 Å². The van der Waals surface area contributed by atoms with Gasteiger partial charge in [-0.15, -0.1) is 0 Å². The summed E-state index contributed by atoms with van der Waals surface area (Å²) in [5.74, 6) is -6.47. The van der Waals surface area contributed by atoms with E-state index in [1.807, 2.05) is 0 Å². The summed E-state index contributed by atoms with van der Waals surface area (Å²) in [5, 5.41) is 66.5. The third kappa shape index (κ3) is 15.4. The third-order valence-electron chi connectivity index (χ3n) is 8.34. The zero-order valence-corrected chi connectivity index (χ0v) is 29.5. The number of benzene rings is 1. The van der Waals surface area contributed by atoms with Crippen LogP contribution in [0.25, 0.3) is 0 Å². The molecule has 14 N–H and O–H groups in total. The fourth-order valence-electron chi connectivity index (χ4n) is 5.20. The first kappa shape index (κ1) is 44.4. The number of aliphatic hydroxyl groups is 4. The van der Waals surface area contributed by atoms with E-state index in [4.69, 9.17) is 5.73 Å². The van der Waals surface area contributed by atoms with Crippen LogP contribution in [0, 0.1) is 0 Å². The highest BCUT2D eigenvalue weighted by Gasteiger charge is 2.34. The molecule has 0 bridgehead atoms. The van der Waals surface area contributed by atoms with E-state index in [1.165, 1.54) is 0 Å². The fourth-order valence-corrected chi connectivity index (χ4v) is 5.20. The molecular formula is C33H52N8O12. The minimum atomic E-state index is -1.73. The van der Waals surface area contributed by atoms with Crippen molar-refractivity contribution in [1.29, 1.82) is 0 Å². The number of nitrogens with one attached hydrogen (secondary N) is 7. The first-order valence-electron chi connectivity index (χ1n) is 17.3. The average Bonchev–Trinajstić information content (AvgIpc) is 3.13. The number of nitrogens with two attached hydrogens (primary N) is 1. The number of hydrogen-bond acceptors (Lipinski definition) is 13. The number of carboxylic acid groups (broad SMARTS) is 1. The van der Waals surface area contributed by atoms with Crippen LogP contribution in [-0.4, -0.2) is 148 Å². The molecule has 20 nitrogen and oxygen atoms in total. The topological polar surface area (TPSA) is 331 Å². The van der Waals surface area contributed by atoms with Crippen LogP contribution in [0.5, 0.6) is 0 Å². The van der Waals surface area contributed by atoms with E-state index in [9.17, 15) is 59.1 Å². The second-order valence-electron chi connectivity index (χ2n) is 12.6. The predicted molar refractivity (Wildman–Crippen MR) is 186 cm³/mol. The molecule has 53 heavy (non-hydrogen) atoms. The molecule has 0 spiro atoms. The van der Waals surface area contributed by atoms with Gasteiger partial charge in [-0.2, -0.15) is 0 Å². The highest BCUT2D eigenvalue weighted by Crippen LogP contribution is 2.07. The van der Waals surface area contributed by atoms with Gasteiger partial charge >= 0.3 is 5.97 Å². The lowest BCUT2D eigenvalue weighted by atomic mass is 10.0. The summed E-state index contributed by atoms with van der Waals surface area (Å²) in [6.45, 7) is -1.17. The van der Waals surface area contributed by atoms with Gasteiger partial charge in [0.05, 0.1) is 32.0 Å². The monoisotopic (exact) mass is 752 g/mol. The van der Waals surface area contributed by atoms with Gasteiger partial charge in [0.2, 0.25) is 35.4 Å². The van der Waals surface area contributed by atoms with Gasteiger partial charge in [-0.3, -0.25) is 33.6 Å². The molecule has 1 aliphatic heterocycles. The Morgan fingerprint density at radius 3 is 2.23 bits per heavy atom. The SMILES string of the molecule is CC(O)C1NC(=O)C(NC(=O)C(N)CO)CCC(=O)NCCCCC(C(=O)NC(CO)CNC(Cc2ccccc2)C(=O)O)NC(=O)C(CO)NC1=O. The van der Waals surface area contributed by atoms with Crippen LogP contribution in [0.15, 0.2) is 30.3 Å². The molecular weight excluding hydrogens is 700 g/mol.